The van der Waals surface area contributed by atoms with E-state index in [-0.39, 0.29) is 18.3 Å². The molecule has 0 aromatic heterocycles. The van der Waals surface area contributed by atoms with Crippen LogP contribution in [0.3, 0.4) is 0 Å². The summed E-state index contributed by atoms with van der Waals surface area (Å²) in [4.78, 5) is 0. The third-order valence-electron chi connectivity index (χ3n) is 8.34. The van der Waals surface area contributed by atoms with E-state index in [1.54, 1.807) is 0 Å². The van der Waals surface area contributed by atoms with E-state index in [0.717, 1.165) is 12.1 Å². The fourth-order valence-corrected chi connectivity index (χ4v) is 62.5. The molecule has 3 fully saturated rings. The molecule has 0 bridgehead atoms. The van der Waals surface area contributed by atoms with Crippen molar-refractivity contribution in [3.63, 3.8) is 0 Å². The number of rotatable bonds is 16. The van der Waals surface area contributed by atoms with Gasteiger partial charge in [-0.1, -0.05) is 0 Å². The highest BCUT2D eigenvalue weighted by atomic mass is 28.5. The Hall–Kier alpha value is 2.57. The van der Waals surface area contributed by atoms with Crippen LogP contribution in [-0.2, 0) is 70.9 Å². The van der Waals surface area contributed by atoms with E-state index in [1.165, 1.54) is 0 Å². The van der Waals surface area contributed by atoms with Gasteiger partial charge in [-0.15, -0.1) is 0 Å². The summed E-state index contributed by atoms with van der Waals surface area (Å²) >= 11 is 0. The Labute approximate surface area is 377 Å². The van der Waals surface area contributed by atoms with Crippen molar-refractivity contribution in [2.45, 2.75) is 175 Å². The van der Waals surface area contributed by atoms with Crippen molar-refractivity contribution in [3.8, 4) is 0 Å². The van der Waals surface area contributed by atoms with E-state index in [9.17, 15) is 0 Å². The van der Waals surface area contributed by atoms with Crippen LogP contribution in [-0.4, -0.2) is 153 Å². The van der Waals surface area contributed by atoms with E-state index < -0.39 is 134 Å². The molecule has 3 aliphatic heterocycles. The predicted octanol–water partition coefficient (Wildman–Crippen LogP) is 4.97. The zero-order chi connectivity index (χ0) is 45.0. The van der Waals surface area contributed by atoms with E-state index in [4.69, 9.17) is 70.9 Å². The second-order valence-electron chi connectivity index (χ2n) is 18.6. The molecule has 0 N–H and O–H groups in total. The molecule has 0 aromatic rings. The first-order chi connectivity index (χ1) is 26.6. The molecule has 3 aliphatic rings. The highest BCUT2D eigenvalue weighted by Gasteiger charge is 2.52. The molecule has 0 aromatic carbocycles. The summed E-state index contributed by atoms with van der Waals surface area (Å²) in [6.45, 7) is 42.9. The van der Waals surface area contributed by atoms with Crippen LogP contribution in [0.5, 0.6) is 0 Å². The maximum Gasteiger partial charge on any atom is 0.558 e. The fraction of sp³-hybridized carbons (Fsp3) is 1.00. The van der Waals surface area contributed by atoms with Crippen LogP contribution >= 0.6 is 0 Å². The van der Waals surface area contributed by atoms with Gasteiger partial charge in [0.15, 0.2) is 18.1 Å². The van der Waals surface area contributed by atoms with Crippen LogP contribution in [0.2, 0.25) is 136 Å². The zero-order valence-corrected chi connectivity index (χ0v) is 55.5. The maximum absolute atomic E-state index is 6.95. The van der Waals surface area contributed by atoms with Crippen LogP contribution in [0.15, 0.2) is 0 Å². The molecular weight excluding hydrogens is 1020 g/mol. The molecule has 0 spiro atoms. The lowest BCUT2D eigenvalue weighted by atomic mass is 10.5. The van der Waals surface area contributed by atoms with E-state index in [1.807, 2.05) is 92.0 Å². The minimum atomic E-state index is -2.84. The summed E-state index contributed by atoms with van der Waals surface area (Å²) in [7, 11) is -34.3. The number of hydrogen-bond acceptors (Lipinski definition) is 17. The normalized spacial score (nSPS) is 33.1. The van der Waals surface area contributed by atoms with Crippen LogP contribution < -0.4 is 0 Å². The first-order valence-corrected chi connectivity index (χ1v) is 55.1. The van der Waals surface area contributed by atoms with Crippen molar-refractivity contribution in [2.24, 2.45) is 0 Å². The summed E-state index contributed by atoms with van der Waals surface area (Å²) < 4.78 is 111. The quantitative estimate of drug-likeness (QED) is 0.191. The first kappa shape index (κ1) is 55.9. The monoisotopic (exact) mass is 1090 g/mol. The summed E-state index contributed by atoms with van der Waals surface area (Å²) in [6.07, 6.45) is -0.198. The fourth-order valence-electron chi connectivity index (χ4n) is 7.65. The van der Waals surface area contributed by atoms with E-state index in [0.29, 0.717) is 6.04 Å². The van der Waals surface area contributed by atoms with Crippen molar-refractivity contribution in [3.05, 3.63) is 0 Å². The highest BCUT2D eigenvalue weighted by molar-refractivity contribution is 6.90. The van der Waals surface area contributed by atoms with Crippen LogP contribution in [0, 0.1) is 0 Å². The van der Waals surface area contributed by atoms with E-state index >= 15 is 0 Å². The van der Waals surface area contributed by atoms with Gasteiger partial charge in [0.2, 0.25) is 0 Å². The van der Waals surface area contributed by atoms with Gasteiger partial charge in [0, 0.05) is 24.4 Å². The largest absolute Gasteiger partial charge is 0.558 e. The maximum atomic E-state index is 6.95. The minimum absolute atomic E-state index is 0.0226. The van der Waals surface area contributed by atoms with Gasteiger partial charge < -0.3 is 70.9 Å². The zero-order valence-electron chi connectivity index (χ0n) is 39.7. The highest BCUT2D eigenvalue weighted by Crippen LogP contribution is 2.31. The van der Waals surface area contributed by atoms with Crippen molar-refractivity contribution in [2.75, 3.05) is 0 Å². The van der Waals surface area contributed by atoms with Gasteiger partial charge in [0.1, 0.15) is 0 Å². The molecule has 3 radical (unpaired) electrons. The molecule has 3 rings (SSSR count). The second kappa shape index (κ2) is 22.6. The third kappa shape index (κ3) is 21.8. The molecule has 3 heterocycles. The lowest BCUT2D eigenvalue weighted by Gasteiger charge is -2.44. The summed E-state index contributed by atoms with van der Waals surface area (Å²) in [6, 6.07) is 2.45. The Morgan fingerprint density at radius 2 is 0.797 bits per heavy atom. The van der Waals surface area contributed by atoms with Crippen molar-refractivity contribution in [1.82, 2.24) is 0 Å². The van der Waals surface area contributed by atoms with Crippen molar-refractivity contribution < 1.29 is 70.9 Å². The molecule has 3 saturated heterocycles. The second-order valence-corrected chi connectivity index (χ2v) is 60.4. The molecule has 347 valence electrons. The minimum Gasteiger partial charge on any atom is -0.441 e. The molecule has 17 nitrogen and oxygen atoms in total. The molecule has 0 saturated carbocycles. The first-order valence-electron chi connectivity index (χ1n) is 20.8. The lowest BCUT2D eigenvalue weighted by molar-refractivity contribution is 0.118. The Morgan fingerprint density at radius 1 is 0.475 bits per heavy atom. The van der Waals surface area contributed by atoms with Gasteiger partial charge in [0.05, 0.1) is 0 Å². The van der Waals surface area contributed by atoms with Crippen molar-refractivity contribution >= 4 is 134 Å². The van der Waals surface area contributed by atoms with Gasteiger partial charge in [-0.25, -0.2) is 0 Å². The molecule has 9 unspecified atom stereocenters. The molecule has 9 atom stereocenters. The Balaban J connectivity index is 1.57. The van der Waals surface area contributed by atoms with Gasteiger partial charge >= 0.3 is 97.8 Å². The van der Waals surface area contributed by atoms with Crippen LogP contribution in [0.25, 0.3) is 0 Å². The predicted molar refractivity (Wildman–Crippen MR) is 260 cm³/mol. The summed E-state index contributed by atoms with van der Waals surface area (Å²) in [5, 5.41) is 0. The molecule has 0 aliphatic carbocycles. The average molecular weight is 1100 g/mol. The van der Waals surface area contributed by atoms with Gasteiger partial charge in [-0.3, -0.25) is 0 Å². The average Bonchev–Trinajstić information content (AvgIpc) is 2.89. The number of hydrogen-bond donors (Lipinski definition) is 0. The Morgan fingerprint density at radius 3 is 1.17 bits per heavy atom. The summed E-state index contributed by atoms with van der Waals surface area (Å²) in [5.74, 6) is 0. The van der Waals surface area contributed by atoms with Crippen LogP contribution in [0.1, 0.15) is 20.8 Å². The Kier molecular flexibility index (Phi) is 21.4. The van der Waals surface area contributed by atoms with Crippen LogP contribution in [0.4, 0.5) is 0 Å². The van der Waals surface area contributed by atoms with Gasteiger partial charge in [-0.2, -0.15) is 0 Å². The SMILES string of the molecule is CC1C[SiH](C)O[SiH](C)O[Si](O[Si](C)(C)O[Si](C)(C)O[Si](C)(C)O[Si]2OC(C)C[Si](C)(O[Si](C)(C)O[Si](C)(C)O[Si](C)(C)O[Si]3OC(C)C[SiH](C)O[SiH](C)O3)O[SiH](C)O2)O1. The topological polar surface area (TPSA) is 157 Å². The van der Waals surface area contributed by atoms with E-state index in [2.05, 4.69) is 46.6 Å². The Bertz CT molecular complexity index is 1270. The smallest absolute Gasteiger partial charge is 0.441 e. The molecule has 0 amide bonds. The lowest BCUT2D eigenvalue weighted by Crippen LogP contribution is -2.62. The third-order valence-corrected chi connectivity index (χ3v) is 57.8. The molecular formula is C27H77O17Si15. The standard InChI is InChI=1S/C27H77O17Si15/c1-25-22-45(4)31-47(6)33-50(28-25)37-53(9,10)40-56(15,16)41-55(13,14)39-52-30-27(3)24-59(21,36-49(8)35-52)44-58(19,20)43-57(17,18)42-54(11,12)38-51-29-26(2)23-46(5)32-48(7)34-51/h25-27,45-49H,22-24H2,1-21H3. The molecule has 32 heteroatoms. The van der Waals surface area contributed by atoms with Gasteiger partial charge in [0.25, 0.3) is 18.6 Å². The summed E-state index contributed by atoms with van der Waals surface area (Å²) in [5.41, 5.74) is 0. The van der Waals surface area contributed by atoms with Crippen molar-refractivity contribution in [1.29, 1.82) is 0 Å². The van der Waals surface area contributed by atoms with Gasteiger partial charge in [-0.05, 0) is 151 Å². The molecule has 59 heavy (non-hydrogen) atoms.